The molecule has 0 aliphatic carbocycles. The lowest BCUT2D eigenvalue weighted by molar-refractivity contribution is 0.0993. The number of nitrogens with zero attached hydrogens (tertiary/aromatic N) is 2. The molecule has 8 nitrogen and oxygen atoms in total. The van der Waals surface area contributed by atoms with Gasteiger partial charge < -0.3 is 30.3 Å². The van der Waals surface area contributed by atoms with Crippen LogP contribution in [0, 0.1) is 0 Å². The minimum absolute atomic E-state index is 0.0162. The Balaban J connectivity index is 1.42. The molecule has 0 saturated carbocycles. The van der Waals surface area contributed by atoms with Gasteiger partial charge in [-0.25, -0.2) is 4.79 Å². The molecule has 0 radical (unpaired) electrons. The fourth-order valence-electron chi connectivity index (χ4n) is 3.67. The van der Waals surface area contributed by atoms with Crippen molar-refractivity contribution in [2.45, 2.75) is 13.0 Å². The van der Waals surface area contributed by atoms with Crippen molar-refractivity contribution in [1.29, 1.82) is 0 Å². The number of nitrogen functional groups attached to an aromatic ring is 1. The molecule has 2 aromatic carbocycles. The van der Waals surface area contributed by atoms with Crippen LogP contribution >= 0.6 is 11.3 Å². The molecule has 184 valence electrons. The molecule has 9 heteroatoms. The molecule has 0 fully saturated rings. The minimum atomic E-state index is -0.211. The topological polar surface area (TPSA) is 97.1 Å². The molecule has 0 spiro atoms. The van der Waals surface area contributed by atoms with Crippen LogP contribution in [0.4, 0.5) is 16.2 Å². The molecule has 0 atom stereocenters. The van der Waals surface area contributed by atoms with Crippen LogP contribution in [0.1, 0.15) is 21.5 Å². The van der Waals surface area contributed by atoms with E-state index in [4.69, 9.17) is 15.2 Å². The highest BCUT2D eigenvalue weighted by atomic mass is 32.1. The summed E-state index contributed by atoms with van der Waals surface area (Å²) in [5.41, 5.74) is 9.62. The van der Waals surface area contributed by atoms with Crippen molar-refractivity contribution in [2.75, 3.05) is 51.4 Å². The van der Waals surface area contributed by atoms with E-state index in [2.05, 4.69) is 5.32 Å². The van der Waals surface area contributed by atoms with Crippen LogP contribution in [0.2, 0.25) is 0 Å². The van der Waals surface area contributed by atoms with Gasteiger partial charge in [0.1, 0.15) is 13.2 Å². The van der Waals surface area contributed by atoms with Gasteiger partial charge in [0.05, 0.1) is 0 Å². The number of likely N-dealkylation sites (N-methyl/N-ethyl adjacent to an activating group) is 1. The second-order valence-electron chi connectivity index (χ2n) is 8.66. The summed E-state index contributed by atoms with van der Waals surface area (Å²) in [5, 5.41) is 6.71. The number of anilines is 2. The number of ketones is 1. The van der Waals surface area contributed by atoms with Crippen LogP contribution < -0.4 is 20.5 Å². The number of nitrogens with one attached hydrogen (secondary N) is 1. The largest absolute Gasteiger partial charge is 0.486 e. The molecule has 1 aliphatic rings. The second-order valence-corrected chi connectivity index (χ2v) is 9.41. The van der Waals surface area contributed by atoms with Gasteiger partial charge in [0.15, 0.2) is 17.3 Å². The van der Waals surface area contributed by atoms with Crippen LogP contribution in [0.5, 0.6) is 11.5 Å². The number of ether oxygens (including phenoxy) is 2. The third-order valence-electron chi connectivity index (χ3n) is 5.67. The fraction of sp³-hybridized carbons (Fsp3) is 0.308. The summed E-state index contributed by atoms with van der Waals surface area (Å²) in [6.07, 6.45) is 0.279. The van der Waals surface area contributed by atoms with E-state index in [-0.39, 0.29) is 18.2 Å². The Morgan fingerprint density at radius 3 is 2.43 bits per heavy atom. The van der Waals surface area contributed by atoms with Crippen molar-refractivity contribution >= 4 is 34.5 Å². The first-order valence-corrected chi connectivity index (χ1v) is 12.4. The van der Waals surface area contributed by atoms with Gasteiger partial charge in [0.2, 0.25) is 0 Å². The molecule has 3 N–H and O–H groups in total. The number of carbonyl (C=O) groups is 2. The van der Waals surface area contributed by atoms with Crippen LogP contribution in [-0.4, -0.2) is 62.0 Å². The Hall–Kier alpha value is -3.56. The first kappa shape index (κ1) is 24.6. The quantitative estimate of drug-likeness (QED) is 0.435. The number of hydrogen-bond donors (Lipinski definition) is 2. The Morgan fingerprint density at radius 2 is 1.74 bits per heavy atom. The van der Waals surface area contributed by atoms with Gasteiger partial charge in [0.25, 0.3) is 0 Å². The molecule has 1 aliphatic heterocycles. The van der Waals surface area contributed by atoms with Gasteiger partial charge in [-0.05, 0) is 42.7 Å². The third kappa shape index (κ3) is 6.52. The summed E-state index contributed by atoms with van der Waals surface area (Å²) >= 11 is 1.49. The molecule has 1 aromatic heterocycles. The lowest BCUT2D eigenvalue weighted by Gasteiger charge is -2.25. The number of fused-ring (bicyclic) bond motifs is 1. The van der Waals surface area contributed by atoms with E-state index in [1.165, 1.54) is 11.3 Å². The predicted molar refractivity (Wildman–Crippen MR) is 139 cm³/mol. The van der Waals surface area contributed by atoms with Crippen molar-refractivity contribution in [3.8, 4) is 11.5 Å². The van der Waals surface area contributed by atoms with Crippen LogP contribution in [0.25, 0.3) is 0 Å². The number of urea groups is 1. The van der Waals surface area contributed by atoms with Crippen LogP contribution in [0.3, 0.4) is 0 Å². The molecule has 3 aromatic rings. The third-order valence-corrected chi connectivity index (χ3v) is 6.48. The molecule has 2 amide bonds. The Morgan fingerprint density at radius 1 is 1.00 bits per heavy atom. The lowest BCUT2D eigenvalue weighted by atomic mass is 10.0. The Labute approximate surface area is 209 Å². The minimum Gasteiger partial charge on any atom is -0.486 e. The summed E-state index contributed by atoms with van der Waals surface area (Å²) in [6, 6.07) is 12.6. The molecular formula is C26H30N4O4S. The van der Waals surface area contributed by atoms with E-state index < -0.39 is 0 Å². The number of nitrogens with two attached hydrogens (primary N) is 1. The van der Waals surface area contributed by atoms with Gasteiger partial charge in [-0.3, -0.25) is 4.79 Å². The van der Waals surface area contributed by atoms with Gasteiger partial charge in [-0.1, -0.05) is 24.3 Å². The van der Waals surface area contributed by atoms with Crippen molar-refractivity contribution in [2.24, 2.45) is 0 Å². The summed E-state index contributed by atoms with van der Waals surface area (Å²) in [5.74, 6) is 1.32. The maximum absolute atomic E-state index is 13.1. The number of thiophene rings is 1. The molecule has 4 rings (SSSR count). The van der Waals surface area contributed by atoms with Gasteiger partial charge in [-0.15, -0.1) is 11.3 Å². The lowest BCUT2D eigenvalue weighted by Crippen LogP contribution is -2.39. The monoisotopic (exact) mass is 494 g/mol. The summed E-state index contributed by atoms with van der Waals surface area (Å²) in [7, 11) is 3.94. The van der Waals surface area contributed by atoms with Crippen molar-refractivity contribution in [3.05, 3.63) is 69.9 Å². The smallest absolute Gasteiger partial charge is 0.322 e. The number of amides is 2. The van der Waals surface area contributed by atoms with Gasteiger partial charge in [0, 0.05) is 54.4 Å². The van der Waals surface area contributed by atoms with Crippen molar-refractivity contribution in [1.82, 2.24) is 9.80 Å². The number of hydrogen-bond acceptors (Lipinski definition) is 7. The van der Waals surface area contributed by atoms with E-state index in [9.17, 15) is 9.59 Å². The van der Waals surface area contributed by atoms with Crippen molar-refractivity contribution < 1.29 is 19.1 Å². The molecule has 0 saturated heterocycles. The van der Waals surface area contributed by atoms with E-state index in [1.807, 2.05) is 54.0 Å². The highest BCUT2D eigenvalue weighted by molar-refractivity contribution is 7.08. The van der Waals surface area contributed by atoms with E-state index in [0.717, 1.165) is 11.1 Å². The molecular weight excluding hydrogens is 464 g/mol. The Kier molecular flexibility index (Phi) is 7.89. The summed E-state index contributed by atoms with van der Waals surface area (Å²) in [6.45, 7) is 2.67. The average Bonchev–Trinajstić information content (AvgIpc) is 3.25. The zero-order chi connectivity index (χ0) is 24.8. The van der Waals surface area contributed by atoms with Crippen LogP contribution in [-0.2, 0) is 13.0 Å². The zero-order valence-electron chi connectivity index (χ0n) is 20.0. The van der Waals surface area contributed by atoms with Crippen LogP contribution in [0.15, 0.2) is 53.2 Å². The second kappa shape index (κ2) is 11.2. The predicted octanol–water partition coefficient (Wildman–Crippen LogP) is 4.12. The maximum atomic E-state index is 13.1. The first-order chi connectivity index (χ1) is 16.9. The number of rotatable bonds is 9. The normalized spacial score (nSPS) is 12.4. The van der Waals surface area contributed by atoms with E-state index in [0.29, 0.717) is 61.3 Å². The fourth-order valence-corrected chi connectivity index (χ4v) is 4.41. The molecule has 2 heterocycles. The first-order valence-electron chi connectivity index (χ1n) is 11.4. The van der Waals surface area contributed by atoms with E-state index >= 15 is 0 Å². The highest BCUT2D eigenvalue weighted by Crippen LogP contribution is 2.32. The summed E-state index contributed by atoms with van der Waals surface area (Å²) in [4.78, 5) is 29.6. The number of Topliss-reactive ketones (excluding diaryl/α,β-unsaturated/α-hetero) is 1. The number of benzene rings is 2. The van der Waals surface area contributed by atoms with Gasteiger partial charge in [-0.2, -0.15) is 0 Å². The standard InChI is InChI=1S/C26H30N4O4S/c1-29(2)9-10-30(26(32)28-21-7-8-24-25(14-21)34-12-11-33-24)15-18-3-5-19(6-4-18)23(31)13-20-16-35-17-22(20)27/h3-8,14,16-17H,9-13,15,27H2,1-2H3,(H,28,32). The SMILES string of the molecule is CN(C)CCN(Cc1ccc(C(=O)Cc2cscc2N)cc1)C(=O)Nc1ccc2c(c1)OCCO2. The Bertz CT molecular complexity index is 1180. The zero-order valence-corrected chi connectivity index (χ0v) is 20.8. The molecule has 0 unspecified atom stereocenters. The maximum Gasteiger partial charge on any atom is 0.322 e. The van der Waals surface area contributed by atoms with Gasteiger partial charge >= 0.3 is 6.03 Å². The van der Waals surface area contributed by atoms with Crippen molar-refractivity contribution in [3.63, 3.8) is 0 Å². The molecule has 35 heavy (non-hydrogen) atoms. The summed E-state index contributed by atoms with van der Waals surface area (Å²) < 4.78 is 11.2. The highest BCUT2D eigenvalue weighted by Gasteiger charge is 2.18. The number of carbonyl (C=O) groups excluding carboxylic acids is 2. The van der Waals surface area contributed by atoms with E-state index in [1.54, 1.807) is 23.1 Å². The molecule has 0 bridgehead atoms. The average molecular weight is 495 g/mol.